The third-order valence-corrected chi connectivity index (χ3v) is 4.10. The number of rotatable bonds is 1. The van der Waals surface area contributed by atoms with Crippen LogP contribution in [-0.4, -0.2) is 17.5 Å². The van der Waals surface area contributed by atoms with E-state index in [4.69, 9.17) is 0 Å². The van der Waals surface area contributed by atoms with Crippen molar-refractivity contribution in [2.45, 2.75) is 19.4 Å². The molecular weight excluding hydrogens is 333 g/mol. The number of carbonyl (C=O) groups is 1. The number of Topliss-reactive ketones (excluding diaryl/α,β-unsaturated/α-hetero) is 1. The molecular formula is C17H13BrFNO. The lowest BCUT2D eigenvalue weighted by molar-refractivity contribution is -0.119. The minimum Gasteiger partial charge on any atom is -0.297 e. The summed E-state index contributed by atoms with van der Waals surface area (Å²) in [7, 11) is 0. The van der Waals surface area contributed by atoms with Crippen molar-refractivity contribution in [2.75, 3.05) is 0 Å². The largest absolute Gasteiger partial charge is 0.297 e. The summed E-state index contributed by atoms with van der Waals surface area (Å²) < 4.78 is 15.0. The van der Waals surface area contributed by atoms with E-state index in [1.165, 1.54) is 6.07 Å². The van der Waals surface area contributed by atoms with Crippen LogP contribution in [0.15, 0.2) is 51.9 Å². The van der Waals surface area contributed by atoms with E-state index >= 15 is 0 Å². The summed E-state index contributed by atoms with van der Waals surface area (Å²) in [5.41, 5.74) is 2.67. The maximum absolute atomic E-state index is 14.1. The molecule has 0 unspecified atom stereocenters. The van der Waals surface area contributed by atoms with Gasteiger partial charge in [-0.05, 0) is 36.8 Å². The van der Waals surface area contributed by atoms with Gasteiger partial charge in [-0.25, -0.2) is 4.39 Å². The number of fused-ring (bicyclic) bond motifs is 1. The van der Waals surface area contributed by atoms with E-state index in [0.29, 0.717) is 17.7 Å². The second-order valence-corrected chi connectivity index (χ2v) is 5.99. The maximum Gasteiger partial charge on any atom is 0.161 e. The molecule has 0 aliphatic carbocycles. The van der Waals surface area contributed by atoms with Gasteiger partial charge < -0.3 is 0 Å². The summed E-state index contributed by atoms with van der Waals surface area (Å²) in [4.78, 5) is 16.6. The minimum atomic E-state index is -0.467. The summed E-state index contributed by atoms with van der Waals surface area (Å²) in [6, 6.07) is 11.7. The van der Waals surface area contributed by atoms with Crippen LogP contribution in [0.1, 0.15) is 23.6 Å². The molecule has 1 atom stereocenters. The van der Waals surface area contributed by atoms with E-state index < -0.39 is 6.04 Å². The SMILES string of the molecule is C[C@H]1N=C(c2ccccc2F)c2cc(Br)ccc2CC1=O. The highest BCUT2D eigenvalue weighted by Crippen LogP contribution is 2.25. The third-order valence-electron chi connectivity index (χ3n) is 3.61. The highest BCUT2D eigenvalue weighted by molar-refractivity contribution is 9.10. The van der Waals surface area contributed by atoms with E-state index in [1.54, 1.807) is 25.1 Å². The van der Waals surface area contributed by atoms with E-state index in [1.807, 2.05) is 18.2 Å². The normalized spacial score (nSPS) is 18.0. The molecule has 0 spiro atoms. The van der Waals surface area contributed by atoms with Crippen molar-refractivity contribution in [3.05, 3.63) is 69.4 Å². The predicted molar refractivity (Wildman–Crippen MR) is 84.4 cm³/mol. The molecule has 1 aliphatic heterocycles. The Bertz CT molecular complexity index is 754. The van der Waals surface area contributed by atoms with Crippen molar-refractivity contribution >= 4 is 27.4 Å². The molecule has 0 saturated carbocycles. The molecule has 106 valence electrons. The number of hydrogen-bond acceptors (Lipinski definition) is 2. The van der Waals surface area contributed by atoms with Crippen LogP contribution in [0.5, 0.6) is 0 Å². The van der Waals surface area contributed by atoms with Gasteiger partial charge >= 0.3 is 0 Å². The second kappa shape index (κ2) is 5.53. The number of nitrogens with zero attached hydrogens (tertiary/aromatic N) is 1. The van der Waals surface area contributed by atoms with Crippen LogP contribution in [0.25, 0.3) is 0 Å². The van der Waals surface area contributed by atoms with Gasteiger partial charge in [0.05, 0.1) is 5.71 Å². The zero-order chi connectivity index (χ0) is 15.0. The number of benzene rings is 2. The molecule has 0 amide bonds. The fourth-order valence-electron chi connectivity index (χ4n) is 2.46. The van der Waals surface area contributed by atoms with Crippen LogP contribution in [0.3, 0.4) is 0 Å². The maximum atomic E-state index is 14.1. The van der Waals surface area contributed by atoms with Gasteiger partial charge in [0.25, 0.3) is 0 Å². The summed E-state index contributed by atoms with van der Waals surface area (Å²) in [6.45, 7) is 1.75. The lowest BCUT2D eigenvalue weighted by Gasteiger charge is -2.11. The summed E-state index contributed by atoms with van der Waals surface area (Å²) >= 11 is 3.43. The molecule has 2 nitrogen and oxygen atoms in total. The summed E-state index contributed by atoms with van der Waals surface area (Å²) in [5, 5.41) is 0. The highest BCUT2D eigenvalue weighted by atomic mass is 79.9. The average molecular weight is 346 g/mol. The van der Waals surface area contributed by atoms with Gasteiger partial charge in [-0.3, -0.25) is 9.79 Å². The van der Waals surface area contributed by atoms with Crippen LogP contribution in [0.2, 0.25) is 0 Å². The first-order chi connectivity index (χ1) is 10.1. The monoisotopic (exact) mass is 345 g/mol. The Balaban J connectivity index is 2.27. The van der Waals surface area contributed by atoms with Gasteiger partial charge in [-0.2, -0.15) is 0 Å². The molecule has 21 heavy (non-hydrogen) atoms. The van der Waals surface area contributed by atoms with Crippen molar-refractivity contribution in [3.63, 3.8) is 0 Å². The van der Waals surface area contributed by atoms with Crippen molar-refractivity contribution in [3.8, 4) is 0 Å². The summed E-state index contributed by atoms with van der Waals surface area (Å²) in [6.07, 6.45) is 0.325. The molecule has 0 aromatic heterocycles. The first-order valence-electron chi connectivity index (χ1n) is 6.70. The number of halogens is 2. The van der Waals surface area contributed by atoms with Gasteiger partial charge in [0.15, 0.2) is 5.78 Å². The smallest absolute Gasteiger partial charge is 0.161 e. The quantitative estimate of drug-likeness (QED) is 0.769. The van der Waals surface area contributed by atoms with Gasteiger partial charge in [0.1, 0.15) is 11.9 Å². The van der Waals surface area contributed by atoms with Gasteiger partial charge in [-0.1, -0.05) is 34.1 Å². The fraction of sp³-hybridized carbons (Fsp3) is 0.176. The second-order valence-electron chi connectivity index (χ2n) is 5.08. The molecule has 0 radical (unpaired) electrons. The summed E-state index contributed by atoms with van der Waals surface area (Å²) in [5.74, 6) is -0.284. The zero-order valence-corrected chi connectivity index (χ0v) is 13.0. The molecule has 2 aromatic rings. The molecule has 1 heterocycles. The Morgan fingerprint density at radius 3 is 2.71 bits per heavy atom. The Morgan fingerprint density at radius 2 is 1.95 bits per heavy atom. The molecule has 3 rings (SSSR count). The van der Waals surface area contributed by atoms with Crippen LogP contribution in [-0.2, 0) is 11.2 Å². The fourth-order valence-corrected chi connectivity index (χ4v) is 2.82. The minimum absolute atomic E-state index is 0.0462. The topological polar surface area (TPSA) is 29.4 Å². The van der Waals surface area contributed by atoms with Crippen molar-refractivity contribution < 1.29 is 9.18 Å². The van der Waals surface area contributed by atoms with Gasteiger partial charge in [-0.15, -0.1) is 0 Å². The molecule has 0 fully saturated rings. The Labute approximate surface area is 130 Å². The first-order valence-corrected chi connectivity index (χ1v) is 7.50. The van der Waals surface area contributed by atoms with E-state index in [0.717, 1.165) is 15.6 Å². The molecule has 0 bridgehead atoms. The highest BCUT2D eigenvalue weighted by Gasteiger charge is 2.24. The van der Waals surface area contributed by atoms with Crippen LogP contribution in [0.4, 0.5) is 4.39 Å². The lowest BCUT2D eigenvalue weighted by atomic mass is 9.95. The lowest BCUT2D eigenvalue weighted by Crippen LogP contribution is -2.16. The van der Waals surface area contributed by atoms with E-state index in [9.17, 15) is 9.18 Å². The number of aliphatic imine (C=N–C) groups is 1. The molecule has 0 saturated heterocycles. The van der Waals surface area contributed by atoms with Crippen molar-refractivity contribution in [2.24, 2.45) is 4.99 Å². The van der Waals surface area contributed by atoms with Crippen molar-refractivity contribution in [1.82, 2.24) is 0 Å². The van der Waals surface area contributed by atoms with Crippen LogP contribution < -0.4 is 0 Å². The van der Waals surface area contributed by atoms with E-state index in [2.05, 4.69) is 20.9 Å². The molecule has 0 N–H and O–H groups in total. The zero-order valence-electron chi connectivity index (χ0n) is 11.4. The predicted octanol–water partition coefficient (Wildman–Crippen LogP) is 3.94. The molecule has 4 heteroatoms. The van der Waals surface area contributed by atoms with Gasteiger partial charge in [0.2, 0.25) is 0 Å². The third kappa shape index (κ3) is 2.68. The van der Waals surface area contributed by atoms with Gasteiger partial charge in [0, 0.05) is 22.0 Å². The Kier molecular flexibility index (Phi) is 3.72. The molecule has 1 aliphatic rings. The standard InChI is InChI=1S/C17H13BrFNO/c1-10-16(21)8-11-6-7-12(18)9-14(11)17(20-10)13-4-2-3-5-15(13)19/h2-7,9-10H,8H2,1H3/t10-/m1/s1. The first kappa shape index (κ1) is 14.1. The number of hydrogen-bond donors (Lipinski definition) is 0. The van der Waals surface area contributed by atoms with Crippen LogP contribution >= 0.6 is 15.9 Å². The number of carbonyl (C=O) groups excluding carboxylic acids is 1. The Morgan fingerprint density at radius 1 is 1.19 bits per heavy atom. The van der Waals surface area contributed by atoms with E-state index in [-0.39, 0.29) is 11.6 Å². The van der Waals surface area contributed by atoms with Crippen LogP contribution in [0, 0.1) is 5.82 Å². The molecule has 2 aromatic carbocycles. The van der Waals surface area contributed by atoms with Crippen molar-refractivity contribution in [1.29, 1.82) is 0 Å². The number of ketones is 1. The average Bonchev–Trinajstić information content (AvgIpc) is 2.58. The Hall–Kier alpha value is -1.81.